The first-order valence-electron chi connectivity index (χ1n) is 13.4. The smallest absolute Gasteiger partial charge is 0.273 e. The van der Waals surface area contributed by atoms with Gasteiger partial charge in [0.15, 0.2) is 5.79 Å². The SMILES string of the molecule is Cc1onc(-c2ccccc2)c1C(=O)N1CCC(c2nc(C(=O)N3CCC4(CC3)OCCCO4)cs2)CC1. The van der Waals surface area contributed by atoms with E-state index in [1.54, 1.807) is 18.3 Å². The first kappa shape index (κ1) is 25.2. The molecule has 0 aliphatic carbocycles. The van der Waals surface area contributed by atoms with Crippen LogP contribution in [-0.4, -0.2) is 76.9 Å². The van der Waals surface area contributed by atoms with E-state index >= 15 is 0 Å². The second-order valence-corrected chi connectivity index (χ2v) is 11.1. The Labute approximate surface area is 225 Å². The summed E-state index contributed by atoms with van der Waals surface area (Å²) in [5, 5.41) is 7.01. The van der Waals surface area contributed by atoms with Gasteiger partial charge < -0.3 is 23.8 Å². The van der Waals surface area contributed by atoms with E-state index in [1.165, 1.54) is 0 Å². The third-order valence-electron chi connectivity index (χ3n) is 7.83. The molecule has 3 fully saturated rings. The summed E-state index contributed by atoms with van der Waals surface area (Å²) in [6.07, 6.45) is 3.92. The highest BCUT2D eigenvalue weighted by Crippen LogP contribution is 2.34. The first-order chi connectivity index (χ1) is 18.5. The lowest BCUT2D eigenvalue weighted by atomic mass is 9.96. The van der Waals surface area contributed by atoms with Crippen molar-refractivity contribution in [2.24, 2.45) is 0 Å². The molecule has 3 aromatic rings. The summed E-state index contributed by atoms with van der Waals surface area (Å²) in [4.78, 5) is 35.1. The molecule has 3 aliphatic heterocycles. The van der Waals surface area contributed by atoms with E-state index in [-0.39, 0.29) is 17.7 Å². The van der Waals surface area contributed by atoms with Crippen molar-refractivity contribution >= 4 is 23.2 Å². The van der Waals surface area contributed by atoms with Crippen molar-refractivity contribution in [1.82, 2.24) is 19.9 Å². The first-order valence-corrected chi connectivity index (χ1v) is 14.2. The Kier molecular flexibility index (Phi) is 7.03. The summed E-state index contributed by atoms with van der Waals surface area (Å²) in [6.45, 7) is 5.70. The summed E-state index contributed by atoms with van der Waals surface area (Å²) >= 11 is 1.54. The van der Waals surface area contributed by atoms with Crippen LogP contribution in [0.15, 0.2) is 40.2 Å². The Morgan fingerprint density at radius 3 is 2.37 bits per heavy atom. The molecule has 2 aromatic heterocycles. The standard InChI is InChI=1S/C28H32N4O5S/c1-19-23(24(30-37-19)20-6-3-2-4-7-20)27(34)31-12-8-21(9-13-31)25-29-22(18-38-25)26(33)32-14-10-28(11-15-32)35-16-5-17-36-28/h2-4,6-7,18,21H,5,8-17H2,1H3. The average Bonchev–Trinajstić information content (AvgIpc) is 3.61. The third-order valence-corrected chi connectivity index (χ3v) is 8.83. The lowest BCUT2D eigenvalue weighted by Gasteiger charge is -2.43. The van der Waals surface area contributed by atoms with Crippen molar-refractivity contribution in [1.29, 1.82) is 0 Å². The zero-order valence-corrected chi connectivity index (χ0v) is 22.4. The van der Waals surface area contributed by atoms with Gasteiger partial charge in [-0.1, -0.05) is 35.5 Å². The van der Waals surface area contributed by atoms with Gasteiger partial charge in [-0.05, 0) is 26.2 Å². The molecule has 2 amide bonds. The van der Waals surface area contributed by atoms with E-state index in [4.69, 9.17) is 19.0 Å². The molecule has 0 radical (unpaired) electrons. The topological polar surface area (TPSA) is 98.0 Å². The zero-order chi connectivity index (χ0) is 26.1. The molecule has 6 rings (SSSR count). The highest BCUT2D eigenvalue weighted by Gasteiger charge is 2.40. The molecule has 9 nitrogen and oxygen atoms in total. The molecule has 200 valence electrons. The van der Waals surface area contributed by atoms with Crippen LogP contribution < -0.4 is 0 Å². The Morgan fingerprint density at radius 2 is 1.66 bits per heavy atom. The van der Waals surface area contributed by atoms with E-state index in [0.717, 1.165) is 43.0 Å². The molecule has 0 atom stereocenters. The number of thiazole rings is 1. The number of amides is 2. The second kappa shape index (κ2) is 10.6. The van der Waals surface area contributed by atoms with Crippen LogP contribution in [0.3, 0.4) is 0 Å². The van der Waals surface area contributed by atoms with Gasteiger partial charge in [-0.3, -0.25) is 9.59 Å². The number of carbonyl (C=O) groups excluding carboxylic acids is 2. The Balaban J connectivity index is 1.06. The van der Waals surface area contributed by atoms with Gasteiger partial charge in [0.2, 0.25) is 0 Å². The van der Waals surface area contributed by atoms with Gasteiger partial charge in [-0.25, -0.2) is 4.98 Å². The minimum atomic E-state index is -0.513. The van der Waals surface area contributed by atoms with Crippen LogP contribution in [0, 0.1) is 6.92 Å². The van der Waals surface area contributed by atoms with Crippen LogP contribution in [0.25, 0.3) is 11.3 Å². The lowest BCUT2D eigenvalue weighted by molar-refractivity contribution is -0.281. The fourth-order valence-corrected chi connectivity index (χ4v) is 6.56. The Morgan fingerprint density at radius 1 is 0.974 bits per heavy atom. The molecule has 0 unspecified atom stereocenters. The minimum Gasteiger partial charge on any atom is -0.360 e. The van der Waals surface area contributed by atoms with E-state index in [9.17, 15) is 9.59 Å². The number of carbonyl (C=O) groups is 2. The van der Waals surface area contributed by atoms with E-state index in [0.29, 0.717) is 61.7 Å². The molecule has 5 heterocycles. The largest absolute Gasteiger partial charge is 0.360 e. The minimum absolute atomic E-state index is 0.0258. The van der Waals surface area contributed by atoms with Gasteiger partial charge in [0.05, 0.1) is 18.2 Å². The molecule has 38 heavy (non-hydrogen) atoms. The van der Waals surface area contributed by atoms with Gasteiger partial charge in [0, 0.05) is 55.9 Å². The number of likely N-dealkylation sites (tertiary alicyclic amines) is 2. The summed E-state index contributed by atoms with van der Waals surface area (Å²) < 4.78 is 17.2. The van der Waals surface area contributed by atoms with Gasteiger partial charge in [-0.15, -0.1) is 11.3 Å². The third kappa shape index (κ3) is 4.88. The Bertz CT molecular complexity index is 1280. The van der Waals surface area contributed by atoms with Crippen LogP contribution in [-0.2, 0) is 9.47 Å². The molecule has 10 heteroatoms. The molecule has 3 saturated heterocycles. The summed E-state index contributed by atoms with van der Waals surface area (Å²) in [5.74, 6) is 0.174. The maximum atomic E-state index is 13.4. The maximum Gasteiger partial charge on any atom is 0.273 e. The van der Waals surface area contributed by atoms with Crippen molar-refractivity contribution in [3.63, 3.8) is 0 Å². The summed E-state index contributed by atoms with van der Waals surface area (Å²) in [7, 11) is 0. The van der Waals surface area contributed by atoms with Crippen LogP contribution in [0.4, 0.5) is 0 Å². The maximum absolute atomic E-state index is 13.4. The van der Waals surface area contributed by atoms with Crippen LogP contribution in [0.2, 0.25) is 0 Å². The number of nitrogens with zero attached hydrogens (tertiary/aromatic N) is 4. The molecule has 1 spiro atoms. The molecular formula is C28H32N4O5S. The van der Waals surface area contributed by atoms with E-state index < -0.39 is 5.79 Å². The van der Waals surface area contributed by atoms with Gasteiger partial charge in [0.1, 0.15) is 22.7 Å². The van der Waals surface area contributed by atoms with Gasteiger partial charge >= 0.3 is 0 Å². The summed E-state index contributed by atoms with van der Waals surface area (Å²) in [5.41, 5.74) is 2.50. The average molecular weight is 537 g/mol. The normalized spacial score (nSPS) is 20.1. The number of aromatic nitrogens is 2. The molecular weight excluding hydrogens is 504 g/mol. The number of hydrogen-bond donors (Lipinski definition) is 0. The highest BCUT2D eigenvalue weighted by atomic mass is 32.1. The fraction of sp³-hybridized carbons (Fsp3) is 0.500. The van der Waals surface area contributed by atoms with Gasteiger partial charge in [-0.2, -0.15) is 0 Å². The Hall–Kier alpha value is -3.08. The number of rotatable bonds is 4. The lowest BCUT2D eigenvalue weighted by Crippen LogP contribution is -2.51. The van der Waals surface area contributed by atoms with Crippen LogP contribution in [0.1, 0.15) is 69.6 Å². The fourth-order valence-electron chi connectivity index (χ4n) is 5.60. The van der Waals surface area contributed by atoms with E-state index in [1.807, 2.05) is 45.5 Å². The van der Waals surface area contributed by atoms with Gasteiger partial charge in [0.25, 0.3) is 11.8 Å². The van der Waals surface area contributed by atoms with Crippen molar-refractivity contribution < 1.29 is 23.6 Å². The van der Waals surface area contributed by atoms with Crippen molar-refractivity contribution in [3.05, 3.63) is 57.7 Å². The second-order valence-electron chi connectivity index (χ2n) is 10.2. The molecule has 0 bridgehead atoms. The number of hydrogen-bond acceptors (Lipinski definition) is 8. The molecule has 0 saturated carbocycles. The van der Waals surface area contributed by atoms with Crippen molar-refractivity contribution in [2.45, 2.75) is 50.7 Å². The number of piperidine rings is 2. The quantitative estimate of drug-likeness (QED) is 0.484. The van der Waals surface area contributed by atoms with E-state index in [2.05, 4.69) is 5.16 Å². The van der Waals surface area contributed by atoms with Crippen molar-refractivity contribution in [3.8, 4) is 11.3 Å². The molecule has 1 aromatic carbocycles. The summed E-state index contributed by atoms with van der Waals surface area (Å²) in [6, 6.07) is 9.65. The zero-order valence-electron chi connectivity index (χ0n) is 21.6. The van der Waals surface area contributed by atoms with Crippen molar-refractivity contribution in [2.75, 3.05) is 39.4 Å². The van der Waals surface area contributed by atoms with Crippen LogP contribution >= 0.6 is 11.3 Å². The molecule has 0 N–H and O–H groups in total. The predicted molar refractivity (Wildman–Crippen MR) is 141 cm³/mol. The highest BCUT2D eigenvalue weighted by molar-refractivity contribution is 7.09. The monoisotopic (exact) mass is 536 g/mol. The molecule has 3 aliphatic rings. The van der Waals surface area contributed by atoms with Crippen LogP contribution in [0.5, 0.6) is 0 Å². The number of aryl methyl sites for hydroxylation is 1. The number of benzene rings is 1. The number of ether oxygens (including phenoxy) is 2. The predicted octanol–water partition coefficient (Wildman–Crippen LogP) is 4.50.